The Morgan fingerprint density at radius 2 is 0.852 bits per heavy atom. The number of carbonyl (C=O) groups is 2. The number of nitrogens with zero attached hydrogens (tertiary/aromatic N) is 3. The molecule has 0 aromatic heterocycles. The molecule has 2 aliphatic rings. The lowest BCUT2D eigenvalue weighted by Crippen LogP contribution is -2.38. The summed E-state index contributed by atoms with van der Waals surface area (Å²) in [5.41, 5.74) is 5.17. The van der Waals surface area contributed by atoms with Crippen LogP contribution in [0.2, 0.25) is 0 Å². The minimum Gasteiger partial charge on any atom is -0.308 e. The van der Waals surface area contributed by atoms with Crippen molar-refractivity contribution in [1.82, 2.24) is 15.5 Å². The first kappa shape index (κ1) is 36.2. The minimum atomic E-state index is -1.09. The van der Waals surface area contributed by atoms with Gasteiger partial charge in [0, 0.05) is 23.6 Å². The number of nitrogens with one attached hydrogen (secondary N) is 2. The predicted octanol–water partition coefficient (Wildman–Crippen LogP) is 7.81. The summed E-state index contributed by atoms with van der Waals surface area (Å²) in [6.45, 7) is 0.831. The van der Waals surface area contributed by atoms with Crippen molar-refractivity contribution in [3.8, 4) is 0 Å². The zero-order valence-electron chi connectivity index (χ0n) is 30.1. The molecule has 2 N–H and O–H groups in total. The van der Waals surface area contributed by atoms with Gasteiger partial charge in [-0.05, 0) is 59.6 Å². The second-order valence-electron chi connectivity index (χ2n) is 13.5. The first-order valence-electron chi connectivity index (χ1n) is 17.8. The topological polar surface area (TPSA) is 86.2 Å². The summed E-state index contributed by atoms with van der Waals surface area (Å²) >= 11 is 5.95. The monoisotopic (exact) mass is 729 g/mol. The highest BCUT2D eigenvalue weighted by Gasteiger charge is 2.48. The van der Waals surface area contributed by atoms with Crippen molar-refractivity contribution in [2.24, 2.45) is 9.98 Å². The van der Waals surface area contributed by atoms with Crippen LogP contribution in [0.25, 0.3) is 0 Å². The van der Waals surface area contributed by atoms with E-state index >= 15 is 0 Å². The standard InChI is InChI=1S/C24H23N3O.C22H17ClN2O/c1-27(2)17-18-10-9-11-19(16-18)22-25-23(28)24(26-22,20-12-5-3-6-13-20)21-14-7-4-8-15-21;23-15-16-8-7-9-17(14-16)20-24-21(26)22(25-20,18-10-3-1-4-11-18)19-12-5-2-6-13-19/h3-16H,17H2,1-2H3,(H,25,26,28);1-14H,15H2,(H,24,25,26). The van der Waals surface area contributed by atoms with E-state index in [-0.39, 0.29) is 11.8 Å². The maximum absolute atomic E-state index is 13.3. The van der Waals surface area contributed by atoms with E-state index in [1.54, 1.807) is 0 Å². The summed E-state index contributed by atoms with van der Waals surface area (Å²) < 4.78 is 0. The lowest BCUT2D eigenvalue weighted by molar-refractivity contribution is -0.123. The lowest BCUT2D eigenvalue weighted by atomic mass is 9.83. The molecule has 0 atom stereocenters. The van der Waals surface area contributed by atoms with E-state index < -0.39 is 11.1 Å². The third kappa shape index (κ3) is 7.12. The summed E-state index contributed by atoms with van der Waals surface area (Å²) in [5, 5.41) is 6.01. The fraction of sp³-hybridized carbons (Fsp3) is 0.130. The van der Waals surface area contributed by atoms with E-state index in [1.807, 2.05) is 172 Å². The highest BCUT2D eigenvalue weighted by atomic mass is 35.5. The van der Waals surface area contributed by atoms with Crippen molar-refractivity contribution in [1.29, 1.82) is 0 Å². The number of alkyl halides is 1. The van der Waals surface area contributed by atoms with Crippen molar-refractivity contribution in [3.63, 3.8) is 0 Å². The zero-order chi connectivity index (χ0) is 37.5. The van der Waals surface area contributed by atoms with Crippen LogP contribution in [0.3, 0.4) is 0 Å². The van der Waals surface area contributed by atoms with E-state index in [2.05, 4.69) is 27.7 Å². The van der Waals surface area contributed by atoms with E-state index in [4.69, 9.17) is 21.6 Å². The van der Waals surface area contributed by atoms with Gasteiger partial charge in [-0.1, -0.05) is 158 Å². The lowest BCUT2D eigenvalue weighted by Gasteiger charge is -2.24. The van der Waals surface area contributed by atoms with Gasteiger partial charge in [0.15, 0.2) is 11.1 Å². The Balaban J connectivity index is 0.000000167. The van der Waals surface area contributed by atoms with Gasteiger partial charge in [0.2, 0.25) is 0 Å². The van der Waals surface area contributed by atoms with Gasteiger partial charge in [0.25, 0.3) is 11.8 Å². The molecule has 54 heavy (non-hydrogen) atoms. The van der Waals surface area contributed by atoms with Crippen LogP contribution in [0.5, 0.6) is 0 Å². The van der Waals surface area contributed by atoms with Crippen LogP contribution in [0.15, 0.2) is 180 Å². The van der Waals surface area contributed by atoms with Gasteiger partial charge in [-0.3, -0.25) is 9.59 Å². The summed E-state index contributed by atoms with van der Waals surface area (Å²) in [4.78, 5) is 38.5. The Labute approximate surface area is 321 Å². The summed E-state index contributed by atoms with van der Waals surface area (Å²) in [6, 6.07) is 54.8. The van der Waals surface area contributed by atoms with Gasteiger partial charge >= 0.3 is 0 Å². The van der Waals surface area contributed by atoms with Crippen molar-refractivity contribution in [3.05, 3.63) is 214 Å². The molecule has 2 amide bonds. The van der Waals surface area contributed by atoms with Crippen molar-refractivity contribution < 1.29 is 9.59 Å². The number of benzene rings is 6. The van der Waals surface area contributed by atoms with Crippen LogP contribution >= 0.6 is 11.6 Å². The molecule has 2 aliphatic heterocycles. The Hall–Kier alpha value is -6.15. The number of hydrogen-bond acceptors (Lipinski definition) is 5. The molecule has 2 heterocycles. The van der Waals surface area contributed by atoms with Gasteiger partial charge < -0.3 is 15.5 Å². The predicted molar refractivity (Wildman–Crippen MR) is 217 cm³/mol. The maximum Gasteiger partial charge on any atom is 0.262 e. The molecular formula is C46H40ClN5O2. The minimum absolute atomic E-state index is 0.127. The first-order valence-corrected chi connectivity index (χ1v) is 18.3. The molecule has 0 bridgehead atoms. The molecule has 268 valence electrons. The molecule has 7 nitrogen and oxygen atoms in total. The smallest absolute Gasteiger partial charge is 0.262 e. The Morgan fingerprint density at radius 3 is 1.20 bits per heavy atom. The quantitative estimate of drug-likeness (QED) is 0.149. The molecule has 0 fully saturated rings. The molecule has 0 saturated heterocycles. The van der Waals surface area contributed by atoms with Gasteiger partial charge in [-0.2, -0.15) is 0 Å². The number of amidine groups is 2. The number of carbonyl (C=O) groups excluding carboxylic acids is 2. The molecular weight excluding hydrogens is 690 g/mol. The summed E-state index contributed by atoms with van der Waals surface area (Å²) in [6.07, 6.45) is 0. The molecule has 8 heteroatoms. The molecule has 0 spiro atoms. The maximum atomic E-state index is 13.3. The molecule has 0 aliphatic carbocycles. The first-order chi connectivity index (χ1) is 26.3. The highest BCUT2D eigenvalue weighted by molar-refractivity contribution is 6.18. The highest BCUT2D eigenvalue weighted by Crippen LogP contribution is 2.39. The Kier molecular flexibility index (Phi) is 10.6. The number of amides is 2. The normalized spacial score (nSPS) is 15.4. The molecule has 0 unspecified atom stereocenters. The molecule has 8 rings (SSSR count). The second kappa shape index (κ2) is 15.8. The van der Waals surface area contributed by atoms with Crippen molar-refractivity contribution >= 4 is 35.1 Å². The van der Waals surface area contributed by atoms with Crippen LogP contribution in [-0.2, 0) is 33.1 Å². The van der Waals surface area contributed by atoms with E-state index in [9.17, 15) is 9.59 Å². The van der Waals surface area contributed by atoms with Crippen LogP contribution in [0, 0.1) is 0 Å². The molecule has 6 aromatic carbocycles. The third-order valence-corrected chi connectivity index (χ3v) is 9.81. The summed E-state index contributed by atoms with van der Waals surface area (Å²) in [5.74, 6) is 1.31. The van der Waals surface area contributed by atoms with E-state index in [1.165, 1.54) is 5.56 Å². The van der Waals surface area contributed by atoms with Crippen LogP contribution in [-0.4, -0.2) is 42.5 Å². The fourth-order valence-corrected chi connectivity index (χ4v) is 7.15. The summed E-state index contributed by atoms with van der Waals surface area (Å²) in [7, 11) is 4.08. The second-order valence-corrected chi connectivity index (χ2v) is 13.8. The number of aliphatic imine (C=N–C) groups is 2. The van der Waals surface area contributed by atoms with Crippen LogP contribution in [0.1, 0.15) is 44.5 Å². The molecule has 0 saturated carbocycles. The molecule has 0 radical (unpaired) electrons. The average molecular weight is 730 g/mol. The van der Waals surface area contributed by atoms with E-state index in [0.717, 1.165) is 45.5 Å². The fourth-order valence-electron chi connectivity index (χ4n) is 6.98. The van der Waals surface area contributed by atoms with Gasteiger partial charge in [0.1, 0.15) is 11.7 Å². The van der Waals surface area contributed by atoms with Crippen molar-refractivity contribution in [2.75, 3.05) is 14.1 Å². The zero-order valence-corrected chi connectivity index (χ0v) is 30.9. The average Bonchev–Trinajstić information content (AvgIpc) is 3.77. The molecule has 6 aromatic rings. The number of rotatable bonds is 9. The van der Waals surface area contributed by atoms with Crippen molar-refractivity contribution in [2.45, 2.75) is 23.5 Å². The Bertz CT molecular complexity index is 2230. The van der Waals surface area contributed by atoms with Gasteiger partial charge in [0.05, 0.1) is 0 Å². The van der Waals surface area contributed by atoms with Crippen LogP contribution < -0.4 is 10.6 Å². The third-order valence-electron chi connectivity index (χ3n) is 9.50. The SMILES string of the molecule is CN(C)Cc1cccc(C2=NC(c3ccccc3)(c3ccccc3)C(=O)N2)c1.O=C1NC(c2cccc(CCl)c2)=NC1(c1ccccc1)c1ccccc1. The number of hydrogen-bond donors (Lipinski definition) is 2. The van der Waals surface area contributed by atoms with E-state index in [0.29, 0.717) is 17.6 Å². The Morgan fingerprint density at radius 1 is 0.500 bits per heavy atom. The van der Waals surface area contributed by atoms with Crippen LogP contribution in [0.4, 0.5) is 0 Å². The van der Waals surface area contributed by atoms with Gasteiger partial charge in [-0.15, -0.1) is 11.6 Å². The number of halogens is 1. The largest absolute Gasteiger partial charge is 0.308 e. The van der Waals surface area contributed by atoms with Gasteiger partial charge in [-0.25, -0.2) is 9.98 Å².